The molecular formula is C21H31N3O2. The van der Waals surface area contributed by atoms with Crippen molar-refractivity contribution >= 4 is 5.91 Å². The summed E-state index contributed by atoms with van der Waals surface area (Å²) in [5.41, 5.74) is 1.28. The van der Waals surface area contributed by atoms with E-state index in [1.54, 1.807) is 4.57 Å². The standard InChI is InChI=1S/C21H31N3O2/c1-5-7-10-19-12-8-11-18(9-6-2)24(19)20(25)13-14-23-17(4)15-16(3)22-21(23)26/h6,8,12,15,18-19H,2,5,7,9-11,13-14H2,1,3-4H3/t18-,19-/m1/s1. The fraction of sp³-hybridized carbons (Fsp3) is 0.571. The molecule has 0 fully saturated rings. The molecule has 0 saturated carbocycles. The van der Waals surface area contributed by atoms with Crippen LogP contribution in [0.2, 0.25) is 0 Å². The van der Waals surface area contributed by atoms with Crippen LogP contribution in [0.25, 0.3) is 0 Å². The van der Waals surface area contributed by atoms with Crippen LogP contribution in [0.5, 0.6) is 0 Å². The van der Waals surface area contributed by atoms with Gasteiger partial charge in [0.25, 0.3) is 0 Å². The van der Waals surface area contributed by atoms with Crippen LogP contribution in [0.4, 0.5) is 0 Å². The SMILES string of the molecule is C=CC[C@@H]1CC=C[C@@H](CCCC)N1C(=O)CCn1c(C)cc(C)nc1=O. The van der Waals surface area contributed by atoms with Crippen molar-refractivity contribution in [3.8, 4) is 0 Å². The lowest BCUT2D eigenvalue weighted by atomic mass is 9.96. The molecule has 142 valence electrons. The number of amides is 1. The Bertz CT molecular complexity index is 720. The monoisotopic (exact) mass is 357 g/mol. The number of carbonyl (C=O) groups excluding carboxylic acids is 1. The molecule has 1 amide bonds. The zero-order valence-corrected chi connectivity index (χ0v) is 16.3. The molecule has 26 heavy (non-hydrogen) atoms. The maximum atomic E-state index is 13.0. The maximum absolute atomic E-state index is 13.0. The van der Waals surface area contributed by atoms with Crippen LogP contribution in [-0.4, -0.2) is 32.4 Å². The molecule has 2 atom stereocenters. The zero-order valence-electron chi connectivity index (χ0n) is 16.3. The molecule has 2 rings (SSSR count). The molecule has 0 saturated heterocycles. The number of unbranched alkanes of at least 4 members (excludes halogenated alkanes) is 1. The summed E-state index contributed by atoms with van der Waals surface area (Å²) in [4.78, 5) is 31.2. The van der Waals surface area contributed by atoms with Gasteiger partial charge in [-0.05, 0) is 39.2 Å². The summed E-state index contributed by atoms with van der Waals surface area (Å²) in [5, 5.41) is 0. The molecule has 5 nitrogen and oxygen atoms in total. The van der Waals surface area contributed by atoms with Crippen molar-refractivity contribution in [2.45, 2.75) is 77.9 Å². The number of carbonyl (C=O) groups is 1. The Labute approximate surface area is 156 Å². The highest BCUT2D eigenvalue weighted by Crippen LogP contribution is 2.24. The van der Waals surface area contributed by atoms with Gasteiger partial charge in [0.05, 0.1) is 6.04 Å². The molecule has 0 N–H and O–H groups in total. The molecule has 0 aromatic carbocycles. The average Bonchev–Trinajstić information content (AvgIpc) is 2.59. The van der Waals surface area contributed by atoms with Gasteiger partial charge < -0.3 is 4.90 Å². The molecule has 0 spiro atoms. The largest absolute Gasteiger partial charge is 0.347 e. The molecule has 0 aliphatic carbocycles. The summed E-state index contributed by atoms with van der Waals surface area (Å²) < 4.78 is 1.59. The van der Waals surface area contributed by atoms with Crippen molar-refractivity contribution in [2.75, 3.05) is 0 Å². The summed E-state index contributed by atoms with van der Waals surface area (Å²) in [6.45, 7) is 10.1. The Hall–Kier alpha value is -2.17. The van der Waals surface area contributed by atoms with E-state index in [2.05, 4.69) is 30.6 Å². The summed E-state index contributed by atoms with van der Waals surface area (Å²) in [6, 6.07) is 2.19. The molecule has 0 bridgehead atoms. The molecule has 1 aromatic rings. The molecule has 2 heterocycles. The number of aromatic nitrogens is 2. The summed E-state index contributed by atoms with van der Waals surface area (Å²) in [7, 11) is 0. The molecule has 1 aliphatic heterocycles. The molecule has 0 radical (unpaired) electrons. The number of hydrogen-bond donors (Lipinski definition) is 0. The molecular weight excluding hydrogens is 326 g/mol. The van der Waals surface area contributed by atoms with Gasteiger partial charge in [0.15, 0.2) is 0 Å². The van der Waals surface area contributed by atoms with E-state index in [4.69, 9.17) is 0 Å². The molecule has 1 aliphatic rings. The van der Waals surface area contributed by atoms with Crippen molar-refractivity contribution in [1.29, 1.82) is 0 Å². The summed E-state index contributed by atoms with van der Waals surface area (Å²) >= 11 is 0. The summed E-state index contributed by atoms with van der Waals surface area (Å²) in [6.07, 6.45) is 11.4. The second kappa shape index (κ2) is 9.51. The zero-order chi connectivity index (χ0) is 19.1. The van der Waals surface area contributed by atoms with E-state index in [0.29, 0.717) is 18.7 Å². The minimum Gasteiger partial charge on any atom is -0.333 e. The first-order chi connectivity index (χ1) is 12.5. The fourth-order valence-electron chi connectivity index (χ4n) is 3.69. The first kappa shape index (κ1) is 20.1. The van der Waals surface area contributed by atoms with E-state index in [1.165, 1.54) is 0 Å². The van der Waals surface area contributed by atoms with Crippen LogP contribution in [-0.2, 0) is 11.3 Å². The number of nitrogens with zero attached hydrogens (tertiary/aromatic N) is 3. The van der Waals surface area contributed by atoms with Gasteiger partial charge in [-0.25, -0.2) is 4.79 Å². The van der Waals surface area contributed by atoms with Crippen LogP contribution in [0.1, 0.15) is 56.8 Å². The normalized spacial score (nSPS) is 19.6. The van der Waals surface area contributed by atoms with E-state index in [9.17, 15) is 9.59 Å². The topological polar surface area (TPSA) is 55.2 Å². The first-order valence-electron chi connectivity index (χ1n) is 9.61. The van der Waals surface area contributed by atoms with Crippen LogP contribution in [0.15, 0.2) is 35.7 Å². The van der Waals surface area contributed by atoms with E-state index >= 15 is 0 Å². The molecule has 0 unspecified atom stereocenters. The van der Waals surface area contributed by atoms with Gasteiger partial charge in [0, 0.05) is 30.4 Å². The minimum absolute atomic E-state index is 0.106. The van der Waals surface area contributed by atoms with Gasteiger partial charge in [-0.15, -0.1) is 6.58 Å². The van der Waals surface area contributed by atoms with E-state index < -0.39 is 0 Å². The number of aryl methyl sites for hydroxylation is 2. The smallest absolute Gasteiger partial charge is 0.333 e. The van der Waals surface area contributed by atoms with Gasteiger partial charge in [0.2, 0.25) is 5.91 Å². The third kappa shape index (κ3) is 4.93. The lowest BCUT2D eigenvalue weighted by Crippen LogP contribution is -2.48. The fourth-order valence-corrected chi connectivity index (χ4v) is 3.69. The predicted molar refractivity (Wildman–Crippen MR) is 105 cm³/mol. The van der Waals surface area contributed by atoms with E-state index in [0.717, 1.165) is 37.8 Å². The van der Waals surface area contributed by atoms with Gasteiger partial charge >= 0.3 is 5.69 Å². The number of rotatable bonds is 8. The highest BCUT2D eigenvalue weighted by Gasteiger charge is 2.30. The van der Waals surface area contributed by atoms with Gasteiger partial charge in [-0.2, -0.15) is 4.98 Å². The van der Waals surface area contributed by atoms with Crippen LogP contribution < -0.4 is 5.69 Å². The second-order valence-electron chi connectivity index (χ2n) is 7.08. The Morgan fingerprint density at radius 1 is 1.42 bits per heavy atom. The average molecular weight is 357 g/mol. The van der Waals surface area contributed by atoms with Crippen molar-refractivity contribution < 1.29 is 4.79 Å². The van der Waals surface area contributed by atoms with Crippen LogP contribution in [0.3, 0.4) is 0 Å². The van der Waals surface area contributed by atoms with Crippen molar-refractivity contribution in [2.24, 2.45) is 0 Å². The molecule has 5 heteroatoms. The van der Waals surface area contributed by atoms with Gasteiger partial charge in [-0.1, -0.05) is 38.0 Å². The predicted octanol–water partition coefficient (Wildman–Crippen LogP) is 3.54. The van der Waals surface area contributed by atoms with Crippen molar-refractivity contribution in [3.63, 3.8) is 0 Å². The highest BCUT2D eigenvalue weighted by atomic mass is 16.2. The third-order valence-corrected chi connectivity index (χ3v) is 4.99. The lowest BCUT2D eigenvalue weighted by molar-refractivity contribution is -0.136. The van der Waals surface area contributed by atoms with E-state index in [1.807, 2.05) is 30.9 Å². The Kier molecular flexibility index (Phi) is 7.37. The highest BCUT2D eigenvalue weighted by molar-refractivity contribution is 5.77. The first-order valence-corrected chi connectivity index (χ1v) is 9.61. The van der Waals surface area contributed by atoms with Crippen LogP contribution >= 0.6 is 0 Å². The molecule has 1 aromatic heterocycles. The minimum atomic E-state index is -0.279. The Morgan fingerprint density at radius 2 is 2.19 bits per heavy atom. The number of hydrogen-bond acceptors (Lipinski definition) is 3. The third-order valence-electron chi connectivity index (χ3n) is 4.99. The Balaban J connectivity index is 2.14. The van der Waals surface area contributed by atoms with E-state index in [-0.39, 0.29) is 23.7 Å². The Morgan fingerprint density at radius 3 is 2.85 bits per heavy atom. The van der Waals surface area contributed by atoms with Crippen molar-refractivity contribution in [3.05, 3.63) is 52.7 Å². The quantitative estimate of drug-likeness (QED) is 0.669. The maximum Gasteiger partial charge on any atom is 0.347 e. The van der Waals surface area contributed by atoms with Crippen LogP contribution in [0, 0.1) is 13.8 Å². The van der Waals surface area contributed by atoms with Crippen molar-refractivity contribution in [1.82, 2.24) is 14.5 Å². The lowest BCUT2D eigenvalue weighted by Gasteiger charge is -2.39. The van der Waals surface area contributed by atoms with Gasteiger partial charge in [0.1, 0.15) is 0 Å². The second-order valence-corrected chi connectivity index (χ2v) is 7.08. The summed E-state index contributed by atoms with van der Waals surface area (Å²) in [5.74, 6) is 0.106. The van der Waals surface area contributed by atoms with Gasteiger partial charge in [-0.3, -0.25) is 9.36 Å².